The highest BCUT2D eigenvalue weighted by Crippen LogP contribution is 2.25. The smallest absolute Gasteiger partial charge is 0.239 e. The molecule has 0 radical (unpaired) electrons. The molecule has 0 fully saturated rings. The van der Waals surface area contributed by atoms with Crippen LogP contribution < -0.4 is 10.6 Å². The maximum Gasteiger partial charge on any atom is 0.239 e. The molecular weight excluding hydrogens is 300 g/mol. The molecule has 1 rings (SSSR count). The van der Waals surface area contributed by atoms with Crippen molar-refractivity contribution in [3.63, 3.8) is 0 Å². The van der Waals surface area contributed by atoms with Gasteiger partial charge in [0.05, 0.1) is 0 Å². The average Bonchev–Trinajstić information content (AvgIpc) is 2.43. The Morgan fingerprint density at radius 3 is 2.45 bits per heavy atom. The molecule has 0 atom stereocenters. The number of rotatable bonds is 6. The lowest BCUT2D eigenvalue weighted by atomic mass is 9.90. The third-order valence-corrected chi connectivity index (χ3v) is 4.07. The van der Waals surface area contributed by atoms with E-state index in [1.54, 1.807) is 32.0 Å². The molecule has 1 aromatic carbocycles. The van der Waals surface area contributed by atoms with Crippen molar-refractivity contribution in [3.05, 3.63) is 28.8 Å². The summed E-state index contributed by atoms with van der Waals surface area (Å²) >= 11 is 6.04. The minimum Gasteiger partial charge on any atom is -0.355 e. The highest BCUT2D eigenvalue weighted by atomic mass is 35.5. The highest BCUT2D eigenvalue weighted by molar-refractivity contribution is 6.31. The third kappa shape index (κ3) is 4.73. The van der Waals surface area contributed by atoms with E-state index in [1.165, 1.54) is 0 Å². The lowest BCUT2D eigenvalue weighted by molar-refractivity contribution is -0.138. The molecule has 2 amide bonds. The zero-order chi connectivity index (χ0) is 16.9. The first-order valence-electron chi connectivity index (χ1n) is 7.51. The van der Waals surface area contributed by atoms with Crippen molar-refractivity contribution in [1.29, 1.82) is 0 Å². The molecule has 0 aliphatic carbocycles. The summed E-state index contributed by atoms with van der Waals surface area (Å²) in [5.41, 5.74) is 0.264. The lowest BCUT2D eigenvalue weighted by Gasteiger charge is -2.23. The number of carbonyl (C=O) groups excluding carboxylic acids is 2. The molecule has 0 heterocycles. The van der Waals surface area contributed by atoms with E-state index >= 15 is 0 Å². The van der Waals surface area contributed by atoms with Gasteiger partial charge in [0.2, 0.25) is 11.8 Å². The van der Waals surface area contributed by atoms with E-state index < -0.39 is 5.41 Å². The standard InChI is InChI=1S/C17H25ClN2O2/c1-11(2)9-10-19-15(21)17(4,5)16(22)20-14-8-6-7-13(18)12(14)3/h6-8,11H,9-10H2,1-5H3,(H,19,21)(H,20,22). The second-order valence-corrected chi connectivity index (χ2v) is 6.84. The van der Waals surface area contributed by atoms with Crippen LogP contribution in [0.1, 0.15) is 39.7 Å². The Morgan fingerprint density at radius 2 is 1.86 bits per heavy atom. The summed E-state index contributed by atoms with van der Waals surface area (Å²) < 4.78 is 0. The minimum atomic E-state index is -1.15. The monoisotopic (exact) mass is 324 g/mol. The molecule has 0 bridgehead atoms. The Hall–Kier alpha value is -1.55. The Morgan fingerprint density at radius 1 is 1.23 bits per heavy atom. The number of anilines is 1. The predicted molar refractivity (Wildman–Crippen MR) is 91.1 cm³/mol. The van der Waals surface area contributed by atoms with Crippen LogP contribution in [0.25, 0.3) is 0 Å². The Labute approximate surface area is 137 Å². The van der Waals surface area contributed by atoms with Crippen LogP contribution in [0, 0.1) is 18.3 Å². The molecule has 5 heteroatoms. The molecular formula is C17H25ClN2O2. The molecule has 0 unspecified atom stereocenters. The van der Waals surface area contributed by atoms with Crippen molar-refractivity contribution >= 4 is 29.1 Å². The molecule has 2 N–H and O–H groups in total. The van der Waals surface area contributed by atoms with E-state index in [0.29, 0.717) is 23.2 Å². The van der Waals surface area contributed by atoms with Gasteiger partial charge in [-0.05, 0) is 50.8 Å². The van der Waals surface area contributed by atoms with Crippen molar-refractivity contribution < 1.29 is 9.59 Å². The van der Waals surface area contributed by atoms with Gasteiger partial charge in [0.15, 0.2) is 0 Å². The maximum absolute atomic E-state index is 12.4. The van der Waals surface area contributed by atoms with Gasteiger partial charge in [-0.3, -0.25) is 9.59 Å². The molecule has 122 valence electrons. The molecule has 0 aliphatic rings. The first-order valence-corrected chi connectivity index (χ1v) is 7.89. The topological polar surface area (TPSA) is 58.2 Å². The number of amides is 2. The first kappa shape index (κ1) is 18.5. The number of carbonyl (C=O) groups is 2. The zero-order valence-electron chi connectivity index (χ0n) is 13.9. The fourth-order valence-corrected chi connectivity index (χ4v) is 1.99. The molecule has 0 aliphatic heterocycles. The van der Waals surface area contributed by atoms with Gasteiger partial charge < -0.3 is 10.6 Å². The SMILES string of the molecule is Cc1c(Cl)cccc1NC(=O)C(C)(C)C(=O)NCCC(C)C. The van der Waals surface area contributed by atoms with Crippen LogP contribution in [0.4, 0.5) is 5.69 Å². The molecule has 0 saturated carbocycles. The second kappa shape index (κ2) is 7.63. The van der Waals surface area contributed by atoms with Crippen LogP contribution in [-0.2, 0) is 9.59 Å². The van der Waals surface area contributed by atoms with Crippen molar-refractivity contribution in [2.75, 3.05) is 11.9 Å². The molecule has 22 heavy (non-hydrogen) atoms. The number of hydrogen-bond acceptors (Lipinski definition) is 2. The van der Waals surface area contributed by atoms with E-state index in [2.05, 4.69) is 24.5 Å². The van der Waals surface area contributed by atoms with Crippen LogP contribution in [0.2, 0.25) is 5.02 Å². The van der Waals surface area contributed by atoms with E-state index in [9.17, 15) is 9.59 Å². The molecule has 4 nitrogen and oxygen atoms in total. The third-order valence-electron chi connectivity index (χ3n) is 3.66. The highest BCUT2D eigenvalue weighted by Gasteiger charge is 2.36. The van der Waals surface area contributed by atoms with Gasteiger partial charge in [-0.25, -0.2) is 0 Å². The summed E-state index contributed by atoms with van der Waals surface area (Å²) in [4.78, 5) is 24.7. The van der Waals surface area contributed by atoms with Crippen molar-refractivity contribution in [3.8, 4) is 0 Å². The summed E-state index contributed by atoms with van der Waals surface area (Å²) in [6, 6.07) is 5.29. The average molecular weight is 325 g/mol. The lowest BCUT2D eigenvalue weighted by Crippen LogP contribution is -2.45. The Kier molecular flexibility index (Phi) is 6.42. The number of nitrogens with one attached hydrogen (secondary N) is 2. The van der Waals surface area contributed by atoms with Gasteiger partial charge in [0.1, 0.15) is 5.41 Å². The van der Waals surface area contributed by atoms with Gasteiger partial charge in [0.25, 0.3) is 0 Å². The van der Waals surface area contributed by atoms with Crippen molar-refractivity contribution in [1.82, 2.24) is 5.32 Å². The minimum absolute atomic E-state index is 0.273. The van der Waals surface area contributed by atoms with Crippen LogP contribution in [0.3, 0.4) is 0 Å². The largest absolute Gasteiger partial charge is 0.355 e. The van der Waals surface area contributed by atoms with Crippen molar-refractivity contribution in [2.24, 2.45) is 11.3 Å². The van der Waals surface area contributed by atoms with Crippen LogP contribution in [-0.4, -0.2) is 18.4 Å². The summed E-state index contributed by atoms with van der Waals surface area (Å²) in [6.07, 6.45) is 0.886. The van der Waals surface area contributed by atoms with Crippen LogP contribution in [0.15, 0.2) is 18.2 Å². The number of benzene rings is 1. The summed E-state index contributed by atoms with van der Waals surface area (Å²) in [5.74, 6) is -0.114. The molecule has 0 aromatic heterocycles. The van der Waals surface area contributed by atoms with Gasteiger partial charge in [0, 0.05) is 17.3 Å². The summed E-state index contributed by atoms with van der Waals surface area (Å²) in [6.45, 7) is 9.81. The van der Waals surface area contributed by atoms with Crippen LogP contribution >= 0.6 is 11.6 Å². The second-order valence-electron chi connectivity index (χ2n) is 6.43. The molecule has 0 spiro atoms. The molecule has 1 aromatic rings. The van der Waals surface area contributed by atoms with E-state index in [-0.39, 0.29) is 11.8 Å². The fraction of sp³-hybridized carbons (Fsp3) is 0.529. The number of halogens is 1. The quantitative estimate of drug-likeness (QED) is 0.782. The zero-order valence-corrected chi connectivity index (χ0v) is 14.7. The number of hydrogen-bond donors (Lipinski definition) is 2. The first-order chi connectivity index (χ1) is 10.2. The van der Waals surface area contributed by atoms with Gasteiger partial charge in [-0.1, -0.05) is 31.5 Å². The molecule has 0 saturated heterocycles. The summed E-state index contributed by atoms with van der Waals surface area (Å²) in [7, 11) is 0. The van der Waals surface area contributed by atoms with Crippen molar-refractivity contribution in [2.45, 2.75) is 41.0 Å². The van der Waals surface area contributed by atoms with E-state index in [0.717, 1.165) is 12.0 Å². The predicted octanol–water partition coefficient (Wildman–Crippen LogP) is 3.78. The van der Waals surface area contributed by atoms with E-state index in [4.69, 9.17) is 11.6 Å². The summed E-state index contributed by atoms with van der Waals surface area (Å²) in [5, 5.41) is 6.19. The van der Waals surface area contributed by atoms with E-state index in [1.807, 2.05) is 6.92 Å². The van der Waals surface area contributed by atoms with Gasteiger partial charge in [-0.15, -0.1) is 0 Å². The van der Waals surface area contributed by atoms with Crippen LogP contribution in [0.5, 0.6) is 0 Å². The van der Waals surface area contributed by atoms with Gasteiger partial charge >= 0.3 is 0 Å². The van der Waals surface area contributed by atoms with Gasteiger partial charge in [-0.2, -0.15) is 0 Å². The maximum atomic E-state index is 12.4. The Bertz CT molecular complexity index is 554. The Balaban J connectivity index is 2.73. The normalized spacial score (nSPS) is 11.4. The fourth-order valence-electron chi connectivity index (χ4n) is 1.82.